The van der Waals surface area contributed by atoms with Gasteiger partial charge in [-0.25, -0.2) is 4.79 Å². The summed E-state index contributed by atoms with van der Waals surface area (Å²) in [7, 11) is 4.53. The molecule has 112 valence electrons. The van der Waals surface area contributed by atoms with Gasteiger partial charge in [-0.05, 0) is 20.8 Å². The number of nitrogens with one attached hydrogen (secondary N) is 1. The van der Waals surface area contributed by atoms with Crippen LogP contribution in [0.1, 0.15) is 20.8 Å². The fourth-order valence-corrected chi connectivity index (χ4v) is 1.57. The Morgan fingerprint density at radius 1 is 1.00 bits per heavy atom. The molecule has 1 aromatic rings. The molecule has 0 bridgehead atoms. The summed E-state index contributed by atoms with van der Waals surface area (Å²) in [4.78, 5) is 11.7. The second-order valence-corrected chi connectivity index (χ2v) is 5.04. The number of hydrogen-bond acceptors (Lipinski definition) is 5. The quantitative estimate of drug-likeness (QED) is 0.920. The Labute approximate surface area is 119 Å². The van der Waals surface area contributed by atoms with Crippen molar-refractivity contribution in [3.8, 4) is 17.2 Å². The van der Waals surface area contributed by atoms with Crippen LogP contribution in [0.25, 0.3) is 0 Å². The second-order valence-electron chi connectivity index (χ2n) is 5.04. The molecule has 1 amide bonds. The molecule has 1 N–H and O–H groups in total. The van der Waals surface area contributed by atoms with E-state index < -0.39 is 11.7 Å². The standard InChI is InChI=1S/C14H21NO5/c1-14(2,3)20-13(16)15-9-7-10(17-4)12(19-6)11(8-9)18-5/h7-8H,1-6H3,(H,15,16). The van der Waals surface area contributed by atoms with Crippen LogP contribution in [-0.2, 0) is 4.74 Å². The molecule has 1 rings (SSSR count). The van der Waals surface area contributed by atoms with Crippen LogP contribution in [-0.4, -0.2) is 33.0 Å². The van der Waals surface area contributed by atoms with Crippen molar-refractivity contribution in [3.63, 3.8) is 0 Å². The van der Waals surface area contributed by atoms with E-state index in [2.05, 4.69) is 5.32 Å². The Hall–Kier alpha value is -2.11. The number of carbonyl (C=O) groups excluding carboxylic acids is 1. The van der Waals surface area contributed by atoms with Gasteiger partial charge in [0.15, 0.2) is 11.5 Å². The maximum atomic E-state index is 11.7. The molecule has 0 saturated carbocycles. The molecule has 6 heteroatoms. The maximum Gasteiger partial charge on any atom is 0.412 e. The third-order valence-electron chi connectivity index (χ3n) is 2.31. The summed E-state index contributed by atoms with van der Waals surface area (Å²) >= 11 is 0. The van der Waals surface area contributed by atoms with Crippen LogP contribution in [0.3, 0.4) is 0 Å². The molecule has 0 atom stereocenters. The summed E-state index contributed by atoms with van der Waals surface area (Å²) < 4.78 is 20.8. The predicted octanol–water partition coefficient (Wildman–Crippen LogP) is 3.06. The maximum absolute atomic E-state index is 11.7. The van der Waals surface area contributed by atoms with E-state index in [9.17, 15) is 4.79 Å². The van der Waals surface area contributed by atoms with Gasteiger partial charge in [-0.3, -0.25) is 5.32 Å². The van der Waals surface area contributed by atoms with E-state index in [0.717, 1.165) is 0 Å². The predicted molar refractivity (Wildman–Crippen MR) is 76.0 cm³/mol. The molecule has 0 heterocycles. The Bertz CT molecular complexity index is 454. The lowest BCUT2D eigenvalue weighted by Gasteiger charge is -2.20. The van der Waals surface area contributed by atoms with E-state index in [1.165, 1.54) is 21.3 Å². The highest BCUT2D eigenvalue weighted by atomic mass is 16.6. The normalized spacial score (nSPS) is 10.7. The summed E-state index contributed by atoms with van der Waals surface area (Å²) in [6.45, 7) is 5.38. The zero-order valence-corrected chi connectivity index (χ0v) is 12.7. The molecule has 6 nitrogen and oxygen atoms in total. The molecular formula is C14H21NO5. The highest BCUT2D eigenvalue weighted by molar-refractivity contribution is 5.86. The van der Waals surface area contributed by atoms with Gasteiger partial charge < -0.3 is 18.9 Å². The van der Waals surface area contributed by atoms with Gasteiger partial charge in [-0.1, -0.05) is 0 Å². The van der Waals surface area contributed by atoms with Crippen molar-refractivity contribution in [1.82, 2.24) is 0 Å². The van der Waals surface area contributed by atoms with Gasteiger partial charge in [0.25, 0.3) is 0 Å². The number of methoxy groups -OCH3 is 3. The van der Waals surface area contributed by atoms with Crippen LogP contribution in [0.15, 0.2) is 12.1 Å². The fourth-order valence-electron chi connectivity index (χ4n) is 1.57. The number of hydrogen-bond donors (Lipinski definition) is 1. The van der Waals surface area contributed by atoms with Crippen LogP contribution in [0.2, 0.25) is 0 Å². The van der Waals surface area contributed by atoms with E-state index >= 15 is 0 Å². The van der Waals surface area contributed by atoms with Gasteiger partial charge in [0, 0.05) is 12.1 Å². The largest absolute Gasteiger partial charge is 0.493 e. The van der Waals surface area contributed by atoms with Gasteiger partial charge in [0.2, 0.25) is 5.75 Å². The molecule has 1 aromatic carbocycles. The van der Waals surface area contributed by atoms with Crippen molar-refractivity contribution in [2.45, 2.75) is 26.4 Å². The smallest absolute Gasteiger partial charge is 0.412 e. The molecule has 20 heavy (non-hydrogen) atoms. The summed E-state index contributed by atoms with van der Waals surface area (Å²) in [5.41, 5.74) is -0.0705. The molecule has 0 aromatic heterocycles. The monoisotopic (exact) mass is 283 g/mol. The van der Waals surface area contributed by atoms with Gasteiger partial charge in [0.1, 0.15) is 5.60 Å². The minimum Gasteiger partial charge on any atom is -0.493 e. The van der Waals surface area contributed by atoms with Crippen LogP contribution < -0.4 is 19.5 Å². The number of carbonyl (C=O) groups is 1. The first-order chi connectivity index (χ1) is 9.30. The zero-order chi connectivity index (χ0) is 15.3. The topological polar surface area (TPSA) is 66.0 Å². The number of anilines is 1. The lowest BCUT2D eigenvalue weighted by Crippen LogP contribution is -2.27. The van der Waals surface area contributed by atoms with Crippen molar-refractivity contribution in [3.05, 3.63) is 12.1 Å². The minimum atomic E-state index is -0.565. The molecule has 0 aliphatic carbocycles. The SMILES string of the molecule is COc1cc(NC(=O)OC(C)(C)C)cc(OC)c1OC. The Morgan fingerprint density at radius 3 is 1.85 bits per heavy atom. The van der Waals surface area contributed by atoms with E-state index in [-0.39, 0.29) is 0 Å². The lowest BCUT2D eigenvalue weighted by molar-refractivity contribution is 0.0636. The van der Waals surface area contributed by atoms with Crippen molar-refractivity contribution in [2.24, 2.45) is 0 Å². The van der Waals surface area contributed by atoms with Gasteiger partial charge in [-0.15, -0.1) is 0 Å². The average Bonchev–Trinajstić information content (AvgIpc) is 2.35. The van der Waals surface area contributed by atoms with E-state index in [4.69, 9.17) is 18.9 Å². The summed E-state index contributed by atoms with van der Waals surface area (Å²) in [5.74, 6) is 1.38. The number of amides is 1. The molecular weight excluding hydrogens is 262 g/mol. The number of benzene rings is 1. The van der Waals surface area contributed by atoms with Crippen molar-refractivity contribution in [1.29, 1.82) is 0 Å². The summed E-state index contributed by atoms with van der Waals surface area (Å²) in [6, 6.07) is 3.26. The third-order valence-corrected chi connectivity index (χ3v) is 2.31. The zero-order valence-electron chi connectivity index (χ0n) is 12.7. The van der Waals surface area contributed by atoms with Crippen LogP contribution in [0, 0.1) is 0 Å². The average molecular weight is 283 g/mol. The van der Waals surface area contributed by atoms with E-state index in [0.29, 0.717) is 22.9 Å². The number of ether oxygens (including phenoxy) is 4. The first-order valence-electron chi connectivity index (χ1n) is 6.10. The van der Waals surface area contributed by atoms with Crippen LogP contribution >= 0.6 is 0 Å². The van der Waals surface area contributed by atoms with Gasteiger partial charge >= 0.3 is 6.09 Å². The molecule has 0 fully saturated rings. The van der Waals surface area contributed by atoms with E-state index in [1.807, 2.05) is 0 Å². The minimum absolute atomic E-state index is 0.456. The first-order valence-corrected chi connectivity index (χ1v) is 6.10. The molecule has 0 saturated heterocycles. The Kier molecular flexibility index (Phi) is 5.07. The highest BCUT2D eigenvalue weighted by Crippen LogP contribution is 2.39. The van der Waals surface area contributed by atoms with Crippen molar-refractivity contribution in [2.75, 3.05) is 26.6 Å². The van der Waals surface area contributed by atoms with Gasteiger partial charge in [0.05, 0.1) is 27.0 Å². The Balaban J connectivity index is 2.99. The van der Waals surface area contributed by atoms with Crippen LogP contribution in [0.4, 0.5) is 10.5 Å². The highest BCUT2D eigenvalue weighted by Gasteiger charge is 2.18. The second kappa shape index (κ2) is 6.36. The molecule has 0 aliphatic rings. The van der Waals surface area contributed by atoms with Crippen LogP contribution in [0.5, 0.6) is 17.2 Å². The first kappa shape index (κ1) is 15.9. The van der Waals surface area contributed by atoms with Crippen molar-refractivity contribution < 1.29 is 23.7 Å². The number of rotatable bonds is 4. The molecule has 0 radical (unpaired) electrons. The summed E-state index contributed by atoms with van der Waals surface area (Å²) in [6.07, 6.45) is -0.549. The molecule has 0 spiro atoms. The van der Waals surface area contributed by atoms with E-state index in [1.54, 1.807) is 32.9 Å². The Morgan fingerprint density at radius 2 is 1.50 bits per heavy atom. The lowest BCUT2D eigenvalue weighted by atomic mass is 10.2. The third kappa shape index (κ3) is 4.22. The molecule has 0 aliphatic heterocycles. The van der Waals surface area contributed by atoms with Crippen molar-refractivity contribution >= 4 is 11.8 Å². The fraction of sp³-hybridized carbons (Fsp3) is 0.500. The summed E-state index contributed by atoms with van der Waals surface area (Å²) in [5, 5.41) is 2.62. The van der Waals surface area contributed by atoms with Gasteiger partial charge in [-0.2, -0.15) is 0 Å². The molecule has 0 unspecified atom stereocenters.